The van der Waals surface area contributed by atoms with Crippen molar-refractivity contribution >= 4 is 75.9 Å². The van der Waals surface area contributed by atoms with Crippen LogP contribution in [0.5, 0.6) is 0 Å². The van der Waals surface area contributed by atoms with Crippen molar-refractivity contribution in [3.63, 3.8) is 0 Å². The van der Waals surface area contributed by atoms with Crippen LogP contribution in [0, 0.1) is 0 Å². The topological polar surface area (TPSA) is 37.4 Å². The van der Waals surface area contributed by atoms with Gasteiger partial charge in [0, 0.05) is 21.4 Å². The number of nitrogens with zero attached hydrogens (tertiary/aromatic N) is 1. The van der Waals surface area contributed by atoms with Gasteiger partial charge in [-0.05, 0) is 71.7 Å². The molecule has 0 bridgehead atoms. The molecule has 0 aliphatic carbocycles. The molecule has 0 aliphatic rings. The van der Waals surface area contributed by atoms with Crippen LogP contribution in [0.2, 0.25) is 10.0 Å². The minimum Gasteiger partial charge on any atom is -0.289 e. The molecule has 0 N–H and O–H groups in total. The van der Waals surface area contributed by atoms with E-state index in [1.54, 1.807) is 54.6 Å². The van der Waals surface area contributed by atoms with Crippen molar-refractivity contribution in [1.82, 2.24) is 0 Å². The van der Waals surface area contributed by atoms with Gasteiger partial charge >= 0.3 is 0 Å². The molecule has 7 heteroatoms. The molecule has 0 fully saturated rings. The van der Waals surface area contributed by atoms with Crippen LogP contribution in [-0.2, 0) is 9.59 Å². The lowest BCUT2D eigenvalue weighted by atomic mass is 10.1. The predicted molar refractivity (Wildman–Crippen MR) is 154 cm³/mol. The Hall–Kier alpha value is -2.44. The molecule has 0 atom stereocenters. The summed E-state index contributed by atoms with van der Waals surface area (Å²) in [6.45, 7) is 4.01. The Morgan fingerprint density at radius 1 is 0.771 bits per heavy atom. The number of ketones is 1. The molecule has 35 heavy (non-hydrogen) atoms. The molecule has 0 spiro atoms. The normalized spacial score (nSPS) is 10.9. The predicted octanol–water partition coefficient (Wildman–Crippen LogP) is 8.66. The van der Waals surface area contributed by atoms with Gasteiger partial charge in [0.25, 0.3) is 5.91 Å². The maximum Gasteiger partial charge on any atom is 0.268 e. The number of allylic oxidation sites excluding steroid dienone is 1. The molecular formula is C28H25Cl2NO2S2. The monoisotopic (exact) mass is 541 g/mol. The number of carbonyl (C=O) groups is 2. The van der Waals surface area contributed by atoms with E-state index >= 15 is 0 Å². The number of anilines is 2. The Balaban J connectivity index is 2.14. The van der Waals surface area contributed by atoms with Gasteiger partial charge in [-0.15, -0.1) is 23.5 Å². The number of rotatable bonds is 10. The SMILES string of the molecule is CCSC(SCC)=C(C(=O)/C=C/c1ccccc1)C(=O)N(c1ccc(Cl)cc1)c1ccc(Cl)cc1. The summed E-state index contributed by atoms with van der Waals surface area (Å²) in [5.41, 5.74) is 2.22. The van der Waals surface area contributed by atoms with E-state index in [0.29, 0.717) is 25.7 Å². The van der Waals surface area contributed by atoms with Crippen LogP contribution in [0.3, 0.4) is 0 Å². The van der Waals surface area contributed by atoms with Crippen molar-refractivity contribution in [2.24, 2.45) is 0 Å². The summed E-state index contributed by atoms with van der Waals surface area (Å²) >= 11 is 15.2. The van der Waals surface area contributed by atoms with Crippen LogP contribution in [0.15, 0.2) is 94.7 Å². The Labute approximate surface area is 225 Å². The summed E-state index contributed by atoms with van der Waals surface area (Å²) in [5.74, 6) is 0.714. The number of thioether (sulfide) groups is 2. The minimum absolute atomic E-state index is 0.140. The van der Waals surface area contributed by atoms with Crippen LogP contribution < -0.4 is 4.90 Å². The Kier molecular flexibility index (Phi) is 10.5. The van der Waals surface area contributed by atoms with E-state index in [0.717, 1.165) is 17.1 Å². The highest BCUT2D eigenvalue weighted by molar-refractivity contribution is 8.22. The number of benzene rings is 3. The Bertz CT molecular complexity index is 1150. The van der Waals surface area contributed by atoms with Gasteiger partial charge in [-0.1, -0.05) is 73.5 Å². The highest BCUT2D eigenvalue weighted by Gasteiger charge is 2.29. The van der Waals surface area contributed by atoms with Crippen LogP contribution >= 0.6 is 46.7 Å². The molecule has 0 saturated carbocycles. The van der Waals surface area contributed by atoms with Gasteiger partial charge in [0.2, 0.25) is 0 Å². The first-order chi connectivity index (χ1) is 16.9. The highest BCUT2D eigenvalue weighted by Crippen LogP contribution is 2.36. The van der Waals surface area contributed by atoms with Crippen molar-refractivity contribution in [1.29, 1.82) is 0 Å². The van der Waals surface area contributed by atoms with Gasteiger partial charge in [0.05, 0.1) is 4.24 Å². The molecule has 3 aromatic carbocycles. The summed E-state index contributed by atoms with van der Waals surface area (Å²) in [4.78, 5) is 29.3. The zero-order valence-electron chi connectivity index (χ0n) is 19.4. The summed E-state index contributed by atoms with van der Waals surface area (Å²) in [6, 6.07) is 23.5. The first kappa shape index (κ1) is 27.2. The highest BCUT2D eigenvalue weighted by atomic mass is 35.5. The van der Waals surface area contributed by atoms with Crippen LogP contribution in [0.1, 0.15) is 19.4 Å². The van der Waals surface area contributed by atoms with E-state index in [1.807, 2.05) is 44.2 Å². The molecule has 3 rings (SSSR count). The van der Waals surface area contributed by atoms with Gasteiger partial charge in [0.1, 0.15) is 5.57 Å². The largest absolute Gasteiger partial charge is 0.289 e. The second kappa shape index (κ2) is 13.6. The standard InChI is InChI=1S/C28H25Cl2NO2S2/c1-3-34-28(35-4-2)26(25(32)19-10-20-8-6-5-7-9-20)27(33)31(23-15-11-21(29)12-16-23)24-17-13-22(30)14-18-24/h5-19H,3-4H2,1-2H3/b19-10+. The second-order valence-electron chi connectivity index (χ2n) is 7.23. The van der Waals surface area contributed by atoms with Gasteiger partial charge in [-0.25, -0.2) is 0 Å². The third-order valence-electron chi connectivity index (χ3n) is 4.81. The van der Waals surface area contributed by atoms with Crippen molar-refractivity contribution < 1.29 is 9.59 Å². The van der Waals surface area contributed by atoms with Gasteiger partial charge in [0.15, 0.2) is 5.78 Å². The zero-order chi connectivity index (χ0) is 25.2. The fourth-order valence-electron chi connectivity index (χ4n) is 3.24. The third kappa shape index (κ3) is 7.52. The molecule has 0 radical (unpaired) electrons. The van der Waals surface area contributed by atoms with Gasteiger partial charge in [-0.2, -0.15) is 0 Å². The average molecular weight is 543 g/mol. The lowest BCUT2D eigenvalue weighted by molar-refractivity contribution is -0.118. The molecule has 0 aliphatic heterocycles. The maximum atomic E-state index is 14.2. The fourth-order valence-corrected chi connectivity index (χ4v) is 5.72. The average Bonchev–Trinajstić information content (AvgIpc) is 2.86. The minimum atomic E-state index is -0.408. The summed E-state index contributed by atoms with van der Waals surface area (Å²) in [6.07, 6.45) is 3.20. The number of carbonyl (C=O) groups excluding carboxylic acids is 2. The molecule has 3 nitrogen and oxygen atoms in total. The van der Waals surface area contributed by atoms with E-state index in [2.05, 4.69) is 0 Å². The van der Waals surface area contributed by atoms with Crippen molar-refractivity contribution in [2.45, 2.75) is 13.8 Å². The first-order valence-electron chi connectivity index (χ1n) is 11.1. The van der Waals surface area contributed by atoms with Crippen molar-refractivity contribution in [3.8, 4) is 0 Å². The van der Waals surface area contributed by atoms with Crippen molar-refractivity contribution in [2.75, 3.05) is 16.4 Å². The van der Waals surface area contributed by atoms with Crippen molar-refractivity contribution in [3.05, 3.63) is 110 Å². The number of hydrogen-bond acceptors (Lipinski definition) is 4. The molecule has 3 aromatic rings. The van der Waals surface area contributed by atoms with Crippen LogP contribution in [0.4, 0.5) is 11.4 Å². The molecule has 0 heterocycles. The summed E-state index contributed by atoms with van der Waals surface area (Å²) in [5, 5.41) is 1.11. The van der Waals surface area contributed by atoms with Gasteiger partial charge < -0.3 is 0 Å². The fraction of sp³-hybridized carbons (Fsp3) is 0.143. The molecular weight excluding hydrogens is 517 g/mol. The molecule has 0 aromatic heterocycles. The number of hydrogen-bond donors (Lipinski definition) is 0. The van der Waals surface area contributed by atoms with E-state index < -0.39 is 5.91 Å². The smallest absolute Gasteiger partial charge is 0.268 e. The number of amides is 1. The van der Waals surface area contributed by atoms with Crippen LogP contribution in [-0.4, -0.2) is 23.2 Å². The van der Waals surface area contributed by atoms with E-state index in [4.69, 9.17) is 23.2 Å². The zero-order valence-corrected chi connectivity index (χ0v) is 22.6. The van der Waals surface area contributed by atoms with E-state index in [-0.39, 0.29) is 11.4 Å². The van der Waals surface area contributed by atoms with E-state index in [1.165, 1.54) is 34.5 Å². The lowest BCUT2D eigenvalue weighted by Crippen LogP contribution is -2.30. The quantitative estimate of drug-likeness (QED) is 0.146. The van der Waals surface area contributed by atoms with Gasteiger partial charge in [-0.3, -0.25) is 14.5 Å². The van der Waals surface area contributed by atoms with Crippen LogP contribution in [0.25, 0.3) is 6.08 Å². The lowest BCUT2D eigenvalue weighted by Gasteiger charge is -2.25. The van der Waals surface area contributed by atoms with E-state index in [9.17, 15) is 9.59 Å². The third-order valence-corrected chi connectivity index (χ3v) is 7.54. The molecule has 1 amide bonds. The Morgan fingerprint density at radius 2 is 1.26 bits per heavy atom. The maximum absolute atomic E-state index is 14.2. The first-order valence-corrected chi connectivity index (χ1v) is 13.8. The summed E-state index contributed by atoms with van der Waals surface area (Å²) in [7, 11) is 0. The molecule has 180 valence electrons. The number of halogens is 2. The molecule has 0 saturated heterocycles. The molecule has 0 unspecified atom stereocenters. The summed E-state index contributed by atoms with van der Waals surface area (Å²) < 4.78 is 0.704. The second-order valence-corrected chi connectivity index (χ2v) is 10.9. The Morgan fingerprint density at radius 3 is 1.71 bits per heavy atom.